The lowest BCUT2D eigenvalue weighted by atomic mass is 10.1. The van der Waals surface area contributed by atoms with Crippen molar-refractivity contribution in [1.82, 2.24) is 30.0 Å². The van der Waals surface area contributed by atoms with Crippen LogP contribution in [0.1, 0.15) is 30.1 Å². The van der Waals surface area contributed by atoms with E-state index in [9.17, 15) is 14.0 Å². The van der Waals surface area contributed by atoms with Gasteiger partial charge in [-0.1, -0.05) is 18.7 Å². The molecule has 2 aromatic heterocycles. The Morgan fingerprint density at radius 2 is 2.21 bits per heavy atom. The molecular weight excluding hydrogens is 425 g/mol. The largest absolute Gasteiger partial charge is 0.383 e. The summed E-state index contributed by atoms with van der Waals surface area (Å²) in [6, 6.07) is 5.81. The van der Waals surface area contributed by atoms with Gasteiger partial charge in [0, 0.05) is 25.6 Å². The number of halogens is 1. The minimum atomic E-state index is -0.544. The number of benzene rings is 1. The second kappa shape index (κ2) is 9.48. The third kappa shape index (κ3) is 4.82. The quantitative estimate of drug-likeness (QED) is 0.463. The van der Waals surface area contributed by atoms with Crippen LogP contribution in [0.2, 0.25) is 0 Å². The molecule has 4 rings (SSSR count). The number of hydrogen-bond acceptors (Lipinski definition) is 6. The van der Waals surface area contributed by atoms with Gasteiger partial charge in [0.1, 0.15) is 23.7 Å². The Kier molecular flexibility index (Phi) is 6.31. The van der Waals surface area contributed by atoms with E-state index >= 15 is 0 Å². The maximum atomic E-state index is 13.3. The molecule has 1 aromatic carbocycles. The summed E-state index contributed by atoms with van der Waals surface area (Å²) >= 11 is 0. The average molecular weight is 447 g/mol. The molecule has 9 nitrogen and oxygen atoms in total. The molecule has 1 atom stereocenters. The zero-order chi connectivity index (χ0) is 23.4. The number of anilines is 1. The van der Waals surface area contributed by atoms with Crippen molar-refractivity contribution in [2.24, 2.45) is 0 Å². The first-order valence-corrected chi connectivity index (χ1v) is 10.4. The van der Waals surface area contributed by atoms with Crippen molar-refractivity contribution in [1.29, 1.82) is 0 Å². The lowest BCUT2D eigenvalue weighted by molar-refractivity contribution is -0.127. The van der Waals surface area contributed by atoms with Gasteiger partial charge in [-0.15, -0.1) is 0 Å². The number of nitrogens with zero attached hydrogens (tertiary/aromatic N) is 5. The molecule has 0 aliphatic carbocycles. The predicted octanol–water partition coefficient (Wildman–Crippen LogP) is 1.56. The number of nitrogens with one attached hydrogen (secondary N) is 1. The van der Waals surface area contributed by atoms with Crippen LogP contribution >= 0.6 is 0 Å². The SMILES string of the molecule is C=CC(=O)N1CCC[C@@H](n2nc(C#CC(=O)NCc3cccc(F)c3)c3c(N)ncnc32)C1. The fourth-order valence-electron chi connectivity index (χ4n) is 3.81. The third-order valence-electron chi connectivity index (χ3n) is 5.38. The minimum absolute atomic E-state index is 0.128. The van der Waals surface area contributed by atoms with Crippen LogP contribution in [-0.4, -0.2) is 49.6 Å². The molecule has 1 aliphatic heterocycles. The summed E-state index contributed by atoms with van der Waals surface area (Å²) in [7, 11) is 0. The van der Waals surface area contributed by atoms with Crippen molar-refractivity contribution >= 4 is 28.7 Å². The molecule has 3 N–H and O–H groups in total. The van der Waals surface area contributed by atoms with Crippen LogP contribution in [-0.2, 0) is 16.1 Å². The second-order valence-corrected chi connectivity index (χ2v) is 7.60. The molecule has 10 heteroatoms. The first-order valence-electron chi connectivity index (χ1n) is 10.4. The Bertz CT molecular complexity index is 1290. The summed E-state index contributed by atoms with van der Waals surface area (Å²) in [6.45, 7) is 4.79. The zero-order valence-corrected chi connectivity index (χ0v) is 17.8. The number of fused-ring (bicyclic) bond motifs is 1. The van der Waals surface area contributed by atoms with E-state index in [1.807, 2.05) is 0 Å². The molecule has 1 aliphatic rings. The van der Waals surface area contributed by atoms with E-state index in [1.165, 1.54) is 24.5 Å². The number of rotatable bonds is 4. The first-order chi connectivity index (χ1) is 16.0. The van der Waals surface area contributed by atoms with Gasteiger partial charge in [0.05, 0.1) is 11.4 Å². The second-order valence-electron chi connectivity index (χ2n) is 7.60. The molecule has 3 heterocycles. The molecule has 33 heavy (non-hydrogen) atoms. The van der Waals surface area contributed by atoms with Gasteiger partial charge in [0.25, 0.3) is 5.91 Å². The van der Waals surface area contributed by atoms with Crippen LogP contribution in [0.4, 0.5) is 10.2 Å². The van der Waals surface area contributed by atoms with Gasteiger partial charge in [-0.3, -0.25) is 9.59 Å². The van der Waals surface area contributed by atoms with Crippen molar-refractivity contribution < 1.29 is 14.0 Å². The van der Waals surface area contributed by atoms with Crippen molar-refractivity contribution in [3.8, 4) is 11.8 Å². The van der Waals surface area contributed by atoms with E-state index in [-0.39, 0.29) is 35.8 Å². The number of nitrogens with two attached hydrogens (primary N) is 1. The van der Waals surface area contributed by atoms with Gasteiger partial charge in [0.15, 0.2) is 5.65 Å². The molecule has 0 saturated carbocycles. The molecule has 3 aromatic rings. The number of carbonyl (C=O) groups excluding carboxylic acids is 2. The monoisotopic (exact) mass is 447 g/mol. The highest BCUT2D eigenvalue weighted by atomic mass is 19.1. The van der Waals surface area contributed by atoms with Crippen LogP contribution in [0.3, 0.4) is 0 Å². The van der Waals surface area contributed by atoms with Gasteiger partial charge in [-0.2, -0.15) is 5.10 Å². The van der Waals surface area contributed by atoms with Crippen molar-refractivity contribution in [2.45, 2.75) is 25.4 Å². The summed E-state index contributed by atoms with van der Waals surface area (Å²) in [5, 5.41) is 7.64. The van der Waals surface area contributed by atoms with Gasteiger partial charge >= 0.3 is 0 Å². The van der Waals surface area contributed by atoms with E-state index in [0.717, 1.165) is 12.8 Å². The molecule has 0 unspecified atom stereocenters. The van der Waals surface area contributed by atoms with E-state index in [0.29, 0.717) is 29.7 Å². The topological polar surface area (TPSA) is 119 Å². The Balaban J connectivity index is 1.58. The number of carbonyl (C=O) groups is 2. The Labute approximate surface area is 189 Å². The average Bonchev–Trinajstić information content (AvgIpc) is 3.21. The van der Waals surface area contributed by atoms with Gasteiger partial charge in [-0.25, -0.2) is 19.0 Å². The smallest absolute Gasteiger partial charge is 0.296 e. The van der Waals surface area contributed by atoms with E-state index < -0.39 is 5.91 Å². The lowest BCUT2D eigenvalue weighted by Crippen LogP contribution is -2.40. The maximum Gasteiger partial charge on any atom is 0.296 e. The Morgan fingerprint density at radius 3 is 3.00 bits per heavy atom. The Hall–Kier alpha value is -4.26. The maximum absolute atomic E-state index is 13.3. The van der Waals surface area contributed by atoms with Crippen LogP contribution in [0, 0.1) is 17.7 Å². The predicted molar refractivity (Wildman–Crippen MR) is 120 cm³/mol. The summed E-state index contributed by atoms with van der Waals surface area (Å²) in [5.74, 6) is 4.39. The summed E-state index contributed by atoms with van der Waals surface area (Å²) in [6.07, 6.45) is 4.23. The summed E-state index contributed by atoms with van der Waals surface area (Å²) in [5.41, 5.74) is 7.45. The number of piperidine rings is 1. The van der Waals surface area contributed by atoms with Gasteiger partial charge < -0.3 is 16.0 Å². The van der Waals surface area contributed by atoms with Crippen molar-refractivity contribution in [2.75, 3.05) is 18.8 Å². The van der Waals surface area contributed by atoms with E-state index in [1.54, 1.807) is 21.7 Å². The lowest BCUT2D eigenvalue weighted by Gasteiger charge is -2.32. The molecule has 0 bridgehead atoms. The summed E-state index contributed by atoms with van der Waals surface area (Å²) in [4.78, 5) is 34.4. The normalized spacial score (nSPS) is 15.5. The highest BCUT2D eigenvalue weighted by molar-refractivity contribution is 5.96. The van der Waals surface area contributed by atoms with Crippen molar-refractivity contribution in [3.63, 3.8) is 0 Å². The number of hydrogen-bond donors (Lipinski definition) is 2. The van der Waals surface area contributed by atoms with Gasteiger partial charge in [0.2, 0.25) is 5.91 Å². The number of aromatic nitrogens is 4. The van der Waals surface area contributed by atoms with E-state index in [2.05, 4.69) is 38.8 Å². The number of nitrogen functional groups attached to an aromatic ring is 1. The molecule has 1 saturated heterocycles. The first kappa shape index (κ1) is 22.0. The fourth-order valence-corrected chi connectivity index (χ4v) is 3.81. The van der Waals surface area contributed by atoms with Crippen LogP contribution in [0.25, 0.3) is 11.0 Å². The zero-order valence-electron chi connectivity index (χ0n) is 17.8. The fraction of sp³-hybridized carbons (Fsp3) is 0.261. The molecule has 0 spiro atoms. The van der Waals surface area contributed by atoms with Crippen molar-refractivity contribution in [3.05, 3.63) is 60.3 Å². The molecular formula is C23H22FN7O2. The minimum Gasteiger partial charge on any atom is -0.383 e. The number of likely N-dealkylation sites (tertiary alicyclic amines) is 1. The van der Waals surface area contributed by atoms with Crippen LogP contribution in [0.5, 0.6) is 0 Å². The summed E-state index contributed by atoms with van der Waals surface area (Å²) < 4.78 is 15.0. The Morgan fingerprint density at radius 1 is 1.36 bits per heavy atom. The highest BCUT2D eigenvalue weighted by Gasteiger charge is 2.27. The molecule has 0 radical (unpaired) electrons. The third-order valence-corrected chi connectivity index (χ3v) is 5.38. The molecule has 168 valence electrons. The van der Waals surface area contributed by atoms with Crippen LogP contribution < -0.4 is 11.1 Å². The highest BCUT2D eigenvalue weighted by Crippen LogP contribution is 2.28. The molecule has 2 amide bonds. The van der Waals surface area contributed by atoms with Gasteiger partial charge in [-0.05, 0) is 42.5 Å². The standard InChI is InChI=1S/C23H22FN7O2/c1-2-20(33)30-10-4-7-17(13-30)31-23-21(22(25)27-14-28-23)18(29-31)8-9-19(32)26-12-15-5-3-6-16(24)11-15/h2-3,5-6,11,14,17H,1,4,7,10,12-13H2,(H,26,32)(H2,25,27,28)/t17-/m1/s1. The molecule has 1 fully saturated rings. The van der Waals surface area contributed by atoms with E-state index in [4.69, 9.17) is 5.73 Å². The number of amides is 2. The van der Waals surface area contributed by atoms with Crippen LogP contribution in [0.15, 0.2) is 43.2 Å².